The number of aromatic nitrogens is 1. The molecule has 0 radical (unpaired) electrons. The van der Waals surface area contributed by atoms with E-state index >= 15 is 0 Å². The molecule has 0 saturated heterocycles. The fourth-order valence-corrected chi connectivity index (χ4v) is 3.40. The topological polar surface area (TPSA) is 63.1 Å². The first kappa shape index (κ1) is 17.6. The van der Waals surface area contributed by atoms with Crippen LogP contribution < -0.4 is 10.0 Å². The summed E-state index contributed by atoms with van der Waals surface area (Å²) in [5.74, 6) is 0.776. The van der Waals surface area contributed by atoms with Gasteiger partial charge in [0.15, 0.2) is 0 Å². The van der Waals surface area contributed by atoms with Gasteiger partial charge in [-0.05, 0) is 32.2 Å². The van der Waals surface area contributed by atoms with E-state index < -0.39 is 10.0 Å². The van der Waals surface area contributed by atoms with Crippen LogP contribution in [0.5, 0.6) is 0 Å². The first-order chi connectivity index (χ1) is 9.55. The van der Waals surface area contributed by atoms with Crippen molar-refractivity contribution in [2.75, 3.05) is 25.1 Å². The molecule has 0 aromatic carbocycles. The molecule has 2 N–H and O–H groups in total. The molecule has 0 atom stereocenters. The number of hydrogen-bond donors (Lipinski definition) is 2. The van der Waals surface area contributed by atoms with Crippen LogP contribution in [0, 0.1) is 0 Å². The number of sulfonamides is 1. The van der Waals surface area contributed by atoms with Crippen molar-refractivity contribution < 1.29 is 8.42 Å². The molecule has 5 nitrogen and oxygen atoms in total. The van der Waals surface area contributed by atoms with Crippen molar-refractivity contribution in [1.29, 1.82) is 0 Å². The SMILES string of the molecule is CCCNCc1cc(S(=O)(=O)NCCSC)cn1CC. The minimum atomic E-state index is -3.39. The Hall–Kier alpha value is -0.500. The lowest BCUT2D eigenvalue weighted by Crippen LogP contribution is -2.25. The van der Waals surface area contributed by atoms with Crippen LogP contribution in [0.3, 0.4) is 0 Å². The highest BCUT2D eigenvalue weighted by atomic mass is 32.2. The van der Waals surface area contributed by atoms with Crippen LogP contribution in [0.4, 0.5) is 0 Å². The Morgan fingerprint density at radius 3 is 2.65 bits per heavy atom. The maximum atomic E-state index is 12.2. The summed E-state index contributed by atoms with van der Waals surface area (Å²) in [6.45, 7) is 6.98. The monoisotopic (exact) mass is 319 g/mol. The molecule has 1 aromatic rings. The average Bonchev–Trinajstić information content (AvgIpc) is 2.83. The van der Waals surface area contributed by atoms with Gasteiger partial charge in [0.1, 0.15) is 0 Å². The van der Waals surface area contributed by atoms with Crippen molar-refractivity contribution >= 4 is 21.8 Å². The molecule has 0 saturated carbocycles. The third-order valence-corrected chi connectivity index (χ3v) is 4.98. The number of rotatable bonds is 10. The quantitative estimate of drug-likeness (QED) is 0.644. The molecular weight excluding hydrogens is 294 g/mol. The van der Waals surface area contributed by atoms with Gasteiger partial charge in [0.25, 0.3) is 0 Å². The van der Waals surface area contributed by atoms with Gasteiger partial charge in [0.05, 0.1) is 4.90 Å². The summed E-state index contributed by atoms with van der Waals surface area (Å²) >= 11 is 1.62. The van der Waals surface area contributed by atoms with Crippen molar-refractivity contribution in [3.63, 3.8) is 0 Å². The summed E-state index contributed by atoms with van der Waals surface area (Å²) < 4.78 is 28.9. The summed E-state index contributed by atoms with van der Waals surface area (Å²) in [7, 11) is -3.39. The lowest BCUT2D eigenvalue weighted by atomic mass is 10.4. The van der Waals surface area contributed by atoms with E-state index in [1.807, 2.05) is 17.7 Å². The first-order valence-electron chi connectivity index (χ1n) is 6.93. The zero-order chi connectivity index (χ0) is 15.0. The average molecular weight is 319 g/mol. The van der Waals surface area contributed by atoms with Gasteiger partial charge >= 0.3 is 0 Å². The molecule has 7 heteroatoms. The van der Waals surface area contributed by atoms with Crippen molar-refractivity contribution in [3.8, 4) is 0 Å². The molecule has 0 aliphatic carbocycles. The molecule has 0 unspecified atom stereocenters. The zero-order valence-corrected chi connectivity index (χ0v) is 14.1. The molecule has 0 aliphatic heterocycles. The Kier molecular flexibility index (Phi) is 7.65. The maximum absolute atomic E-state index is 12.2. The zero-order valence-electron chi connectivity index (χ0n) is 12.5. The summed E-state index contributed by atoms with van der Waals surface area (Å²) in [5.41, 5.74) is 1.01. The van der Waals surface area contributed by atoms with E-state index in [0.29, 0.717) is 18.0 Å². The van der Waals surface area contributed by atoms with Gasteiger partial charge in [-0.3, -0.25) is 0 Å². The van der Waals surface area contributed by atoms with Crippen molar-refractivity contribution in [3.05, 3.63) is 18.0 Å². The Morgan fingerprint density at radius 2 is 2.05 bits per heavy atom. The Morgan fingerprint density at radius 1 is 1.30 bits per heavy atom. The number of thioether (sulfide) groups is 1. The third kappa shape index (κ3) is 5.12. The fraction of sp³-hybridized carbons (Fsp3) is 0.692. The van der Waals surface area contributed by atoms with Crippen LogP contribution in [0.1, 0.15) is 26.0 Å². The minimum Gasteiger partial charge on any atom is -0.349 e. The van der Waals surface area contributed by atoms with Crippen LogP contribution >= 0.6 is 11.8 Å². The van der Waals surface area contributed by atoms with Gasteiger partial charge in [0, 0.05) is 37.3 Å². The highest BCUT2D eigenvalue weighted by Gasteiger charge is 2.17. The van der Waals surface area contributed by atoms with E-state index in [2.05, 4.69) is 17.0 Å². The van der Waals surface area contributed by atoms with Gasteiger partial charge < -0.3 is 9.88 Å². The standard InChI is InChI=1S/C13H25N3O2S2/c1-4-6-14-10-12-9-13(11-16(12)5-2)20(17,18)15-7-8-19-3/h9,11,14-15H,4-8,10H2,1-3H3. The summed E-state index contributed by atoms with van der Waals surface area (Å²) in [5, 5.41) is 3.30. The number of nitrogens with one attached hydrogen (secondary N) is 2. The lowest BCUT2D eigenvalue weighted by molar-refractivity contribution is 0.583. The minimum absolute atomic E-state index is 0.355. The fourth-order valence-electron chi connectivity index (χ4n) is 1.87. The second-order valence-corrected chi connectivity index (χ2v) is 7.27. The number of aryl methyl sites for hydroxylation is 1. The van der Waals surface area contributed by atoms with Crippen LogP contribution in [0.15, 0.2) is 17.2 Å². The van der Waals surface area contributed by atoms with Crippen LogP contribution in [0.25, 0.3) is 0 Å². The van der Waals surface area contributed by atoms with E-state index in [0.717, 1.165) is 31.0 Å². The van der Waals surface area contributed by atoms with E-state index in [1.165, 1.54) is 0 Å². The molecular formula is C13H25N3O2S2. The predicted octanol–water partition coefficient (Wildman–Crippen LogP) is 1.65. The maximum Gasteiger partial charge on any atom is 0.242 e. The molecule has 1 aromatic heterocycles. The smallest absolute Gasteiger partial charge is 0.242 e. The molecule has 0 aliphatic rings. The highest BCUT2D eigenvalue weighted by Crippen LogP contribution is 2.14. The molecule has 1 rings (SSSR count). The van der Waals surface area contributed by atoms with Gasteiger partial charge in [-0.15, -0.1) is 0 Å². The molecule has 0 bridgehead atoms. The Bertz CT molecular complexity index is 498. The van der Waals surface area contributed by atoms with E-state index in [9.17, 15) is 8.42 Å². The molecule has 116 valence electrons. The van der Waals surface area contributed by atoms with Gasteiger partial charge in [-0.25, -0.2) is 13.1 Å². The van der Waals surface area contributed by atoms with Gasteiger partial charge in [-0.2, -0.15) is 11.8 Å². The third-order valence-electron chi connectivity index (χ3n) is 2.94. The normalized spacial score (nSPS) is 11.9. The van der Waals surface area contributed by atoms with Crippen LogP contribution in [-0.2, 0) is 23.1 Å². The van der Waals surface area contributed by atoms with Crippen molar-refractivity contribution in [2.45, 2.75) is 38.3 Å². The lowest BCUT2D eigenvalue weighted by Gasteiger charge is -2.06. The van der Waals surface area contributed by atoms with Crippen molar-refractivity contribution in [2.24, 2.45) is 0 Å². The molecule has 20 heavy (non-hydrogen) atoms. The summed E-state index contributed by atoms with van der Waals surface area (Å²) in [6, 6.07) is 1.76. The molecule has 0 fully saturated rings. The van der Waals surface area contributed by atoms with Gasteiger partial charge in [0.2, 0.25) is 10.0 Å². The summed E-state index contributed by atoms with van der Waals surface area (Å²) in [4.78, 5) is 0.355. The van der Waals surface area contributed by atoms with E-state index in [1.54, 1.807) is 24.0 Å². The predicted molar refractivity (Wildman–Crippen MR) is 85.7 cm³/mol. The Labute approximate surface area is 126 Å². The highest BCUT2D eigenvalue weighted by molar-refractivity contribution is 7.98. The van der Waals surface area contributed by atoms with E-state index in [4.69, 9.17) is 0 Å². The second kappa shape index (κ2) is 8.71. The van der Waals surface area contributed by atoms with Gasteiger partial charge in [-0.1, -0.05) is 6.92 Å². The van der Waals surface area contributed by atoms with Crippen molar-refractivity contribution in [1.82, 2.24) is 14.6 Å². The first-order valence-corrected chi connectivity index (χ1v) is 9.81. The number of hydrogen-bond acceptors (Lipinski definition) is 4. The van der Waals surface area contributed by atoms with E-state index in [-0.39, 0.29) is 0 Å². The molecule has 0 amide bonds. The molecule has 0 spiro atoms. The van der Waals surface area contributed by atoms with Crippen LogP contribution in [-0.4, -0.2) is 38.1 Å². The van der Waals surface area contributed by atoms with Crippen LogP contribution in [0.2, 0.25) is 0 Å². The largest absolute Gasteiger partial charge is 0.349 e. The second-order valence-electron chi connectivity index (χ2n) is 4.52. The molecule has 1 heterocycles. The Balaban J connectivity index is 2.79. The number of nitrogens with zero attached hydrogens (tertiary/aromatic N) is 1. The summed E-state index contributed by atoms with van der Waals surface area (Å²) in [6.07, 6.45) is 4.73.